The van der Waals surface area contributed by atoms with Crippen molar-refractivity contribution in [2.45, 2.75) is 12.8 Å². The maximum Gasteiger partial charge on any atom is 0.310 e. The van der Waals surface area contributed by atoms with Crippen LogP contribution in [-0.2, 0) is 4.79 Å². The van der Waals surface area contributed by atoms with E-state index in [1.165, 1.54) is 36.4 Å². The predicted molar refractivity (Wildman–Crippen MR) is 94.6 cm³/mol. The monoisotopic (exact) mass is 379 g/mol. The van der Waals surface area contributed by atoms with E-state index in [2.05, 4.69) is 5.32 Å². The molecular weight excluding hydrogens is 366 g/mol. The molecule has 9 nitrogen and oxygen atoms in total. The van der Waals surface area contributed by atoms with Gasteiger partial charge in [-0.3, -0.25) is 25.0 Å². The minimum absolute atomic E-state index is 0.0224. The first-order chi connectivity index (χ1) is 12.4. The first-order valence-electron chi connectivity index (χ1n) is 7.48. The molecule has 1 amide bonds. The third-order valence-corrected chi connectivity index (χ3v) is 3.61. The number of hydrogen-bond donors (Lipinski definition) is 1. The molecule has 0 spiro atoms. The van der Waals surface area contributed by atoms with Gasteiger partial charge in [0.25, 0.3) is 5.69 Å². The van der Waals surface area contributed by atoms with Crippen molar-refractivity contribution in [3.8, 4) is 5.75 Å². The Morgan fingerprint density at radius 2 is 1.77 bits per heavy atom. The van der Waals surface area contributed by atoms with Gasteiger partial charge in [0, 0.05) is 24.2 Å². The van der Waals surface area contributed by atoms with Crippen molar-refractivity contribution in [2.24, 2.45) is 0 Å². The molecule has 0 aliphatic rings. The zero-order chi connectivity index (χ0) is 19.1. The Hall–Kier alpha value is -3.20. The summed E-state index contributed by atoms with van der Waals surface area (Å²) in [5, 5.41) is 24.2. The Balaban J connectivity index is 1.84. The average molecular weight is 380 g/mol. The van der Waals surface area contributed by atoms with Gasteiger partial charge >= 0.3 is 5.69 Å². The summed E-state index contributed by atoms with van der Waals surface area (Å²) in [5.41, 5.74) is -0.194. The van der Waals surface area contributed by atoms with Gasteiger partial charge in [-0.2, -0.15) is 0 Å². The Morgan fingerprint density at radius 3 is 2.46 bits per heavy atom. The number of nitro benzene ring substituents is 2. The average Bonchev–Trinajstić information content (AvgIpc) is 2.60. The highest BCUT2D eigenvalue weighted by Gasteiger charge is 2.15. The van der Waals surface area contributed by atoms with E-state index in [-0.39, 0.29) is 46.8 Å². The maximum absolute atomic E-state index is 11.9. The Morgan fingerprint density at radius 1 is 1.08 bits per heavy atom. The number of nitrogens with zero attached hydrogens (tertiary/aromatic N) is 2. The predicted octanol–water partition coefficient (Wildman–Crippen LogP) is 3.95. The molecule has 1 N–H and O–H groups in total. The van der Waals surface area contributed by atoms with E-state index in [0.29, 0.717) is 6.42 Å². The number of ether oxygens (including phenoxy) is 1. The number of benzene rings is 2. The van der Waals surface area contributed by atoms with Crippen LogP contribution in [0.3, 0.4) is 0 Å². The molecule has 0 saturated carbocycles. The SMILES string of the molecule is O=C(CCCOc1ccccc1[N+](=O)[O-])Nc1ccc(Cl)c([N+](=O)[O-])c1. The summed E-state index contributed by atoms with van der Waals surface area (Å²) in [4.78, 5) is 32.4. The molecule has 26 heavy (non-hydrogen) atoms. The Labute approximate surface area is 152 Å². The molecule has 2 aromatic rings. The highest BCUT2D eigenvalue weighted by molar-refractivity contribution is 6.32. The third kappa shape index (κ3) is 5.15. The highest BCUT2D eigenvalue weighted by atomic mass is 35.5. The fourth-order valence-electron chi connectivity index (χ4n) is 2.10. The lowest BCUT2D eigenvalue weighted by Crippen LogP contribution is -2.13. The van der Waals surface area contributed by atoms with Gasteiger partial charge in [0.1, 0.15) is 5.02 Å². The van der Waals surface area contributed by atoms with Gasteiger partial charge in [0.2, 0.25) is 5.91 Å². The standard InChI is InChI=1S/C16H14ClN3O6/c17-12-8-7-11(10-14(12)20(24)25)18-16(21)6-3-9-26-15-5-2-1-4-13(15)19(22)23/h1-2,4-5,7-8,10H,3,6,9H2,(H,18,21). The number of anilines is 1. The van der Waals surface area contributed by atoms with E-state index in [1.54, 1.807) is 6.07 Å². The summed E-state index contributed by atoms with van der Waals surface area (Å²) >= 11 is 5.70. The van der Waals surface area contributed by atoms with Crippen LogP contribution in [0.2, 0.25) is 5.02 Å². The van der Waals surface area contributed by atoms with Gasteiger partial charge in [-0.1, -0.05) is 23.7 Å². The number of amides is 1. The van der Waals surface area contributed by atoms with Crippen LogP contribution in [0.1, 0.15) is 12.8 Å². The van der Waals surface area contributed by atoms with Crippen molar-refractivity contribution in [1.29, 1.82) is 0 Å². The van der Waals surface area contributed by atoms with E-state index in [0.717, 1.165) is 0 Å². The molecule has 10 heteroatoms. The van der Waals surface area contributed by atoms with Gasteiger partial charge < -0.3 is 10.1 Å². The number of nitrogens with one attached hydrogen (secondary N) is 1. The lowest BCUT2D eigenvalue weighted by Gasteiger charge is -2.07. The van der Waals surface area contributed by atoms with Crippen LogP contribution in [0, 0.1) is 20.2 Å². The van der Waals surface area contributed by atoms with Crippen LogP contribution in [0.25, 0.3) is 0 Å². The van der Waals surface area contributed by atoms with Crippen molar-refractivity contribution in [1.82, 2.24) is 0 Å². The van der Waals surface area contributed by atoms with Gasteiger partial charge in [-0.15, -0.1) is 0 Å². The topological polar surface area (TPSA) is 125 Å². The summed E-state index contributed by atoms with van der Waals surface area (Å²) in [6.45, 7) is 0.110. The van der Waals surface area contributed by atoms with Crippen LogP contribution < -0.4 is 10.1 Å². The summed E-state index contributed by atoms with van der Waals surface area (Å²) in [6.07, 6.45) is 0.393. The second-order valence-corrected chi connectivity index (χ2v) is 5.56. The molecule has 2 aromatic carbocycles. The lowest BCUT2D eigenvalue weighted by molar-refractivity contribution is -0.385. The molecule has 0 saturated heterocycles. The van der Waals surface area contributed by atoms with Crippen LogP contribution in [0.15, 0.2) is 42.5 Å². The van der Waals surface area contributed by atoms with E-state index in [1.807, 2.05) is 0 Å². The molecule has 0 unspecified atom stereocenters. The molecular formula is C16H14ClN3O6. The van der Waals surface area contributed by atoms with Crippen LogP contribution in [-0.4, -0.2) is 22.4 Å². The molecule has 0 atom stereocenters. The minimum Gasteiger partial charge on any atom is -0.487 e. The molecule has 136 valence electrons. The summed E-state index contributed by atoms with van der Waals surface area (Å²) in [5.74, 6) is -0.237. The summed E-state index contributed by atoms with van der Waals surface area (Å²) < 4.78 is 5.34. The van der Waals surface area contributed by atoms with Crippen LogP contribution in [0.5, 0.6) is 5.75 Å². The first-order valence-corrected chi connectivity index (χ1v) is 7.86. The van der Waals surface area contributed by atoms with Crippen LogP contribution in [0.4, 0.5) is 17.1 Å². The van der Waals surface area contributed by atoms with E-state index in [9.17, 15) is 25.0 Å². The zero-order valence-electron chi connectivity index (χ0n) is 13.4. The molecule has 0 aromatic heterocycles. The number of hydrogen-bond acceptors (Lipinski definition) is 6. The fraction of sp³-hybridized carbons (Fsp3) is 0.188. The molecule has 0 bridgehead atoms. The van der Waals surface area contributed by atoms with Crippen molar-refractivity contribution in [3.63, 3.8) is 0 Å². The van der Waals surface area contributed by atoms with Crippen molar-refractivity contribution >= 4 is 34.6 Å². The van der Waals surface area contributed by atoms with Crippen LogP contribution >= 0.6 is 11.6 Å². The summed E-state index contributed by atoms with van der Waals surface area (Å²) in [7, 11) is 0. The molecule has 2 rings (SSSR count). The molecule has 0 radical (unpaired) electrons. The number of carbonyl (C=O) groups is 1. The normalized spacial score (nSPS) is 10.2. The molecule has 0 heterocycles. The lowest BCUT2D eigenvalue weighted by atomic mass is 10.2. The third-order valence-electron chi connectivity index (χ3n) is 3.29. The number of halogens is 1. The number of nitro groups is 2. The Kier molecular flexibility index (Phi) is 6.45. The smallest absolute Gasteiger partial charge is 0.310 e. The second-order valence-electron chi connectivity index (χ2n) is 5.15. The minimum atomic E-state index is -0.640. The number of rotatable bonds is 8. The quantitative estimate of drug-likeness (QED) is 0.420. The second kappa shape index (κ2) is 8.77. The molecule has 0 aliphatic carbocycles. The number of carbonyl (C=O) groups excluding carboxylic acids is 1. The van der Waals surface area contributed by atoms with Gasteiger partial charge in [-0.05, 0) is 24.6 Å². The summed E-state index contributed by atoms with van der Waals surface area (Å²) in [6, 6.07) is 9.90. The zero-order valence-corrected chi connectivity index (χ0v) is 14.1. The number of para-hydroxylation sites is 2. The molecule has 0 fully saturated rings. The fourth-order valence-corrected chi connectivity index (χ4v) is 2.29. The van der Waals surface area contributed by atoms with Gasteiger partial charge in [-0.25, -0.2) is 0 Å². The largest absolute Gasteiger partial charge is 0.487 e. The first kappa shape index (κ1) is 19.1. The highest BCUT2D eigenvalue weighted by Crippen LogP contribution is 2.28. The van der Waals surface area contributed by atoms with E-state index >= 15 is 0 Å². The maximum atomic E-state index is 11.9. The van der Waals surface area contributed by atoms with E-state index in [4.69, 9.17) is 16.3 Å². The van der Waals surface area contributed by atoms with E-state index < -0.39 is 9.85 Å². The van der Waals surface area contributed by atoms with Crippen molar-refractivity contribution in [3.05, 3.63) is 67.7 Å². The van der Waals surface area contributed by atoms with Gasteiger partial charge in [0.15, 0.2) is 5.75 Å². The van der Waals surface area contributed by atoms with Crippen molar-refractivity contribution < 1.29 is 19.4 Å². The van der Waals surface area contributed by atoms with Gasteiger partial charge in [0.05, 0.1) is 16.5 Å². The molecule has 0 aliphatic heterocycles. The van der Waals surface area contributed by atoms with Crippen molar-refractivity contribution in [2.75, 3.05) is 11.9 Å². The Bertz CT molecular complexity index is 842.